The van der Waals surface area contributed by atoms with E-state index in [1.54, 1.807) is 48.5 Å². The van der Waals surface area contributed by atoms with Crippen LogP contribution in [0.1, 0.15) is 43.8 Å². The molecule has 0 bridgehead atoms. The van der Waals surface area contributed by atoms with Crippen LogP contribution < -0.4 is 0 Å². The molecule has 0 aliphatic heterocycles. The first-order valence-electron chi connectivity index (χ1n) is 12.1. The number of hydrogen-bond donors (Lipinski definition) is 0. The third-order valence-electron chi connectivity index (χ3n) is 6.31. The molecule has 0 saturated heterocycles. The summed E-state index contributed by atoms with van der Waals surface area (Å²) in [5.41, 5.74) is -2.07. The topological polar surface area (TPSA) is 61.2 Å². The first-order valence-corrected chi connectivity index (χ1v) is 12.5. The molecule has 0 aliphatic rings. The number of esters is 1. The molecule has 0 radical (unpaired) electrons. The second-order valence-electron chi connectivity index (χ2n) is 8.91. The van der Waals surface area contributed by atoms with Crippen molar-refractivity contribution >= 4 is 34.4 Å². The van der Waals surface area contributed by atoms with Gasteiger partial charge in [0, 0.05) is 16.5 Å². The summed E-state index contributed by atoms with van der Waals surface area (Å²) >= 11 is 6.03. The SMILES string of the molecule is O=C(OCc1ccccc1)c1ccc(-c2nn(C(=O)c3c(Cl)cccc3C(F)(F)F)c3ccccc23)cc1C(F)F. The molecular formula is C30H18ClF5N2O3. The molecule has 4 aromatic carbocycles. The smallest absolute Gasteiger partial charge is 0.417 e. The summed E-state index contributed by atoms with van der Waals surface area (Å²) in [7, 11) is 0. The van der Waals surface area contributed by atoms with E-state index in [-0.39, 0.29) is 28.9 Å². The minimum Gasteiger partial charge on any atom is -0.457 e. The summed E-state index contributed by atoms with van der Waals surface area (Å²) in [4.78, 5) is 26.1. The number of carbonyl (C=O) groups is 2. The van der Waals surface area contributed by atoms with Crippen LogP contribution in [0, 0.1) is 0 Å². The van der Waals surface area contributed by atoms with E-state index in [1.807, 2.05) is 0 Å². The number of alkyl halides is 5. The number of halogens is 6. The minimum atomic E-state index is -4.88. The zero-order chi connectivity index (χ0) is 29.3. The number of para-hydroxylation sites is 1. The molecule has 41 heavy (non-hydrogen) atoms. The van der Waals surface area contributed by atoms with E-state index >= 15 is 0 Å². The third kappa shape index (κ3) is 5.55. The van der Waals surface area contributed by atoms with Gasteiger partial charge in [0.1, 0.15) is 12.3 Å². The van der Waals surface area contributed by atoms with Gasteiger partial charge in [-0.25, -0.2) is 13.6 Å². The molecule has 0 spiro atoms. The van der Waals surface area contributed by atoms with E-state index in [9.17, 15) is 31.5 Å². The Kier molecular flexibility index (Phi) is 7.59. The van der Waals surface area contributed by atoms with Crippen molar-refractivity contribution < 1.29 is 36.3 Å². The van der Waals surface area contributed by atoms with Crippen LogP contribution in [0.5, 0.6) is 0 Å². The fourth-order valence-electron chi connectivity index (χ4n) is 4.40. The van der Waals surface area contributed by atoms with Gasteiger partial charge in [-0.3, -0.25) is 4.79 Å². The van der Waals surface area contributed by atoms with E-state index in [0.717, 1.165) is 35.0 Å². The number of fused-ring (bicyclic) bond motifs is 1. The Balaban J connectivity index is 1.57. The highest BCUT2D eigenvalue weighted by molar-refractivity contribution is 6.34. The van der Waals surface area contributed by atoms with Crippen molar-refractivity contribution in [2.24, 2.45) is 0 Å². The lowest BCUT2D eigenvalue weighted by atomic mass is 10.0. The Morgan fingerprint density at radius 3 is 2.32 bits per heavy atom. The largest absolute Gasteiger partial charge is 0.457 e. The van der Waals surface area contributed by atoms with Gasteiger partial charge in [0.25, 0.3) is 12.3 Å². The van der Waals surface area contributed by atoms with E-state index in [0.29, 0.717) is 10.9 Å². The van der Waals surface area contributed by atoms with Crippen molar-refractivity contribution in [3.8, 4) is 11.3 Å². The van der Waals surface area contributed by atoms with Gasteiger partial charge < -0.3 is 4.74 Å². The minimum absolute atomic E-state index is 0.0423. The van der Waals surface area contributed by atoms with Gasteiger partial charge in [0.2, 0.25) is 0 Å². The number of ether oxygens (including phenoxy) is 1. The highest BCUT2D eigenvalue weighted by Gasteiger charge is 2.37. The normalized spacial score (nSPS) is 11.7. The maximum Gasteiger partial charge on any atom is 0.417 e. The number of carbonyl (C=O) groups excluding carboxylic acids is 2. The van der Waals surface area contributed by atoms with Crippen molar-refractivity contribution in [1.29, 1.82) is 0 Å². The number of hydrogen-bond acceptors (Lipinski definition) is 4. The van der Waals surface area contributed by atoms with Crippen LogP contribution in [0.15, 0.2) is 91.0 Å². The molecule has 5 aromatic rings. The summed E-state index contributed by atoms with van der Waals surface area (Å²) in [5.74, 6) is -2.11. The molecule has 5 rings (SSSR count). The van der Waals surface area contributed by atoms with Crippen LogP contribution in [-0.2, 0) is 17.5 Å². The zero-order valence-corrected chi connectivity index (χ0v) is 21.6. The fourth-order valence-corrected chi connectivity index (χ4v) is 4.65. The molecule has 1 aromatic heterocycles. The van der Waals surface area contributed by atoms with Crippen LogP contribution in [0.4, 0.5) is 22.0 Å². The molecular weight excluding hydrogens is 567 g/mol. The molecule has 11 heteroatoms. The van der Waals surface area contributed by atoms with Crippen LogP contribution >= 0.6 is 11.6 Å². The summed E-state index contributed by atoms with van der Waals surface area (Å²) in [6, 6.07) is 21.4. The van der Waals surface area contributed by atoms with Crippen molar-refractivity contribution in [1.82, 2.24) is 9.78 Å². The van der Waals surface area contributed by atoms with E-state index < -0.39 is 46.2 Å². The first-order chi connectivity index (χ1) is 19.6. The third-order valence-corrected chi connectivity index (χ3v) is 6.62. The van der Waals surface area contributed by atoms with Gasteiger partial charge in [0.05, 0.1) is 27.2 Å². The highest BCUT2D eigenvalue weighted by Crippen LogP contribution is 2.37. The average Bonchev–Trinajstić information content (AvgIpc) is 3.35. The van der Waals surface area contributed by atoms with Crippen LogP contribution in [-0.4, -0.2) is 21.7 Å². The van der Waals surface area contributed by atoms with Crippen LogP contribution in [0.3, 0.4) is 0 Å². The van der Waals surface area contributed by atoms with Crippen LogP contribution in [0.25, 0.3) is 22.2 Å². The molecule has 0 fully saturated rings. The molecule has 208 valence electrons. The molecule has 1 heterocycles. The molecule has 0 saturated carbocycles. The van der Waals surface area contributed by atoms with Gasteiger partial charge in [-0.1, -0.05) is 72.3 Å². The maximum atomic E-state index is 14.1. The molecule has 0 unspecified atom stereocenters. The van der Waals surface area contributed by atoms with Crippen LogP contribution in [0.2, 0.25) is 5.02 Å². The second kappa shape index (κ2) is 11.1. The Morgan fingerprint density at radius 1 is 0.902 bits per heavy atom. The van der Waals surface area contributed by atoms with E-state index in [2.05, 4.69) is 5.10 Å². The lowest BCUT2D eigenvalue weighted by molar-refractivity contribution is -0.137. The van der Waals surface area contributed by atoms with Gasteiger partial charge in [-0.15, -0.1) is 0 Å². The predicted molar refractivity (Wildman–Crippen MR) is 142 cm³/mol. The number of nitrogens with zero attached hydrogens (tertiary/aromatic N) is 2. The average molecular weight is 585 g/mol. The summed E-state index contributed by atoms with van der Waals surface area (Å²) in [6.45, 7) is -0.122. The Hall–Kier alpha value is -4.57. The quantitative estimate of drug-likeness (QED) is 0.149. The summed E-state index contributed by atoms with van der Waals surface area (Å²) < 4.78 is 75.3. The summed E-state index contributed by atoms with van der Waals surface area (Å²) in [6.07, 6.45) is -7.94. The van der Waals surface area contributed by atoms with Crippen molar-refractivity contribution in [2.75, 3.05) is 0 Å². The van der Waals surface area contributed by atoms with Gasteiger partial charge in [-0.05, 0) is 35.9 Å². The number of aromatic nitrogens is 2. The number of benzene rings is 4. The highest BCUT2D eigenvalue weighted by atomic mass is 35.5. The zero-order valence-electron chi connectivity index (χ0n) is 20.8. The monoisotopic (exact) mass is 584 g/mol. The Bertz CT molecular complexity index is 1770. The number of rotatable bonds is 6. The van der Waals surface area contributed by atoms with Gasteiger partial charge in [0.15, 0.2) is 0 Å². The molecule has 0 amide bonds. The molecule has 0 N–H and O–H groups in total. The van der Waals surface area contributed by atoms with E-state index in [4.69, 9.17) is 16.3 Å². The molecule has 0 aliphatic carbocycles. The van der Waals surface area contributed by atoms with Crippen molar-refractivity contribution in [2.45, 2.75) is 19.2 Å². The second-order valence-corrected chi connectivity index (χ2v) is 9.31. The molecule has 0 atom stereocenters. The maximum absolute atomic E-state index is 14.1. The molecule has 5 nitrogen and oxygen atoms in total. The van der Waals surface area contributed by atoms with Crippen molar-refractivity contribution in [3.63, 3.8) is 0 Å². The van der Waals surface area contributed by atoms with Gasteiger partial charge >= 0.3 is 12.1 Å². The predicted octanol–water partition coefficient (Wildman–Crippen LogP) is 8.36. The lowest BCUT2D eigenvalue weighted by Gasteiger charge is -2.13. The summed E-state index contributed by atoms with van der Waals surface area (Å²) in [5, 5.41) is 4.11. The first kappa shape index (κ1) is 28.0. The Labute approximate surface area is 234 Å². The van der Waals surface area contributed by atoms with Gasteiger partial charge in [-0.2, -0.15) is 23.0 Å². The van der Waals surface area contributed by atoms with Crippen molar-refractivity contribution in [3.05, 3.63) is 124 Å². The lowest BCUT2D eigenvalue weighted by Crippen LogP contribution is -2.20. The fraction of sp³-hybridized carbons (Fsp3) is 0.100. The van der Waals surface area contributed by atoms with E-state index in [1.165, 1.54) is 12.1 Å². The standard InChI is InChI=1S/C30H18ClF5N2O3/c31-23-11-6-10-22(30(34,35)36)25(23)28(39)38-24-12-5-4-9-20(24)26(37-38)18-13-14-19(21(15-18)27(32)33)29(40)41-16-17-7-2-1-3-8-17/h1-15,27H,16H2. The Morgan fingerprint density at radius 2 is 1.61 bits per heavy atom.